The van der Waals surface area contributed by atoms with Gasteiger partial charge in [0.2, 0.25) is 5.91 Å². The summed E-state index contributed by atoms with van der Waals surface area (Å²) in [7, 11) is 0. The number of nitrogens with zero attached hydrogens (tertiary/aromatic N) is 1. The molecule has 0 heterocycles. The summed E-state index contributed by atoms with van der Waals surface area (Å²) in [6.45, 7) is 1.87. The monoisotopic (exact) mass is 301 g/mol. The van der Waals surface area contributed by atoms with Gasteiger partial charge in [-0.15, -0.1) is 0 Å². The van der Waals surface area contributed by atoms with Gasteiger partial charge >= 0.3 is 0 Å². The molecule has 5 nitrogen and oxygen atoms in total. The van der Waals surface area contributed by atoms with Crippen LogP contribution in [0.5, 0.6) is 0 Å². The van der Waals surface area contributed by atoms with Crippen molar-refractivity contribution in [1.82, 2.24) is 0 Å². The Bertz CT molecular complexity index is 613. The molecule has 1 aromatic rings. The molecule has 1 aliphatic carbocycles. The molecule has 0 bridgehead atoms. The van der Waals surface area contributed by atoms with Crippen LogP contribution in [0.2, 0.25) is 0 Å². The molecule has 0 saturated heterocycles. The van der Waals surface area contributed by atoms with Crippen LogP contribution < -0.4 is 11.1 Å². The predicted octanol–water partition coefficient (Wildman–Crippen LogP) is 2.21. The minimum absolute atomic E-state index is 0.172. The fraction of sp³-hybridized carbons (Fsp3) is 0.385. The van der Waals surface area contributed by atoms with E-state index in [0.29, 0.717) is 18.9 Å². The van der Waals surface area contributed by atoms with Crippen LogP contribution in [0.3, 0.4) is 0 Å². The van der Waals surface area contributed by atoms with E-state index in [1.165, 1.54) is 0 Å². The Morgan fingerprint density at radius 3 is 2.52 bits per heavy atom. The van der Waals surface area contributed by atoms with Crippen LogP contribution >= 0.6 is 0 Å². The molecule has 0 aromatic heterocycles. The fourth-order valence-corrected chi connectivity index (χ4v) is 2.60. The van der Waals surface area contributed by atoms with E-state index in [4.69, 9.17) is 10.9 Å². The first-order valence-corrected chi connectivity index (χ1v) is 6.24. The molecular formula is C13H14F3N3O2. The number of anilines is 1. The van der Waals surface area contributed by atoms with E-state index in [1.54, 1.807) is 0 Å². The van der Waals surface area contributed by atoms with Crippen molar-refractivity contribution in [2.45, 2.75) is 19.8 Å². The Balaban J connectivity index is 2.27. The van der Waals surface area contributed by atoms with Crippen LogP contribution in [0.25, 0.3) is 0 Å². The number of hydrogen-bond donors (Lipinski definition) is 3. The van der Waals surface area contributed by atoms with Crippen LogP contribution in [0.15, 0.2) is 17.3 Å². The van der Waals surface area contributed by atoms with Crippen LogP contribution in [0.4, 0.5) is 18.9 Å². The Morgan fingerprint density at radius 1 is 1.38 bits per heavy atom. The van der Waals surface area contributed by atoms with E-state index in [2.05, 4.69) is 10.5 Å². The first-order chi connectivity index (χ1) is 9.81. The van der Waals surface area contributed by atoms with E-state index >= 15 is 0 Å². The van der Waals surface area contributed by atoms with E-state index in [-0.39, 0.29) is 11.8 Å². The van der Waals surface area contributed by atoms with Gasteiger partial charge in [0.05, 0.1) is 5.69 Å². The van der Waals surface area contributed by atoms with Gasteiger partial charge in [-0.2, -0.15) is 0 Å². The van der Waals surface area contributed by atoms with Gasteiger partial charge in [0, 0.05) is 0 Å². The number of amidine groups is 1. The number of oxime groups is 1. The Kier molecular flexibility index (Phi) is 3.80. The summed E-state index contributed by atoms with van der Waals surface area (Å²) in [4.78, 5) is 12.2. The molecule has 1 fully saturated rings. The fourth-order valence-electron chi connectivity index (χ4n) is 2.60. The van der Waals surface area contributed by atoms with E-state index in [1.807, 2.05) is 6.92 Å². The van der Waals surface area contributed by atoms with Crippen molar-refractivity contribution in [1.29, 1.82) is 0 Å². The van der Waals surface area contributed by atoms with Crippen LogP contribution in [-0.4, -0.2) is 17.0 Å². The molecule has 1 aromatic carbocycles. The second kappa shape index (κ2) is 5.27. The summed E-state index contributed by atoms with van der Waals surface area (Å²) in [5, 5.41) is 13.8. The van der Waals surface area contributed by atoms with Gasteiger partial charge in [0.25, 0.3) is 0 Å². The molecule has 2 rings (SSSR count). The van der Waals surface area contributed by atoms with Crippen molar-refractivity contribution < 1.29 is 23.2 Å². The first kappa shape index (κ1) is 15.1. The topological polar surface area (TPSA) is 87.7 Å². The van der Waals surface area contributed by atoms with Gasteiger partial charge in [-0.3, -0.25) is 4.79 Å². The van der Waals surface area contributed by atoms with Crippen molar-refractivity contribution in [2.75, 3.05) is 5.32 Å². The van der Waals surface area contributed by atoms with E-state index in [0.717, 1.165) is 6.07 Å². The number of benzene rings is 1. The summed E-state index contributed by atoms with van der Waals surface area (Å²) in [6, 6.07) is 1.61. The van der Waals surface area contributed by atoms with Crippen molar-refractivity contribution >= 4 is 17.4 Å². The van der Waals surface area contributed by atoms with Crippen LogP contribution in [0, 0.1) is 28.8 Å². The number of nitrogens with two attached hydrogens (primary N) is 1. The average molecular weight is 301 g/mol. The van der Waals surface area contributed by atoms with Crippen molar-refractivity contribution in [3.8, 4) is 0 Å². The minimum atomic E-state index is -1.67. The van der Waals surface area contributed by atoms with Gasteiger partial charge in [0.1, 0.15) is 5.41 Å². The maximum Gasteiger partial charge on any atom is 0.238 e. The van der Waals surface area contributed by atoms with Crippen LogP contribution in [0.1, 0.15) is 19.8 Å². The van der Waals surface area contributed by atoms with Crippen molar-refractivity contribution in [3.05, 3.63) is 29.6 Å². The Hall–Kier alpha value is -2.25. The predicted molar refractivity (Wildman–Crippen MR) is 69.2 cm³/mol. The lowest BCUT2D eigenvalue weighted by Crippen LogP contribution is -2.54. The second-order valence-electron chi connectivity index (χ2n) is 5.26. The summed E-state index contributed by atoms with van der Waals surface area (Å²) in [6.07, 6.45) is 0.639. The Morgan fingerprint density at radius 2 is 2.00 bits per heavy atom. The molecular weight excluding hydrogens is 287 g/mol. The molecule has 114 valence electrons. The number of halogens is 3. The third-order valence-electron chi connectivity index (χ3n) is 3.71. The van der Waals surface area contributed by atoms with Gasteiger partial charge in [-0.1, -0.05) is 12.1 Å². The molecule has 0 atom stereocenters. The quantitative estimate of drug-likeness (QED) is 0.263. The number of rotatable bonds is 3. The molecule has 0 spiro atoms. The highest BCUT2D eigenvalue weighted by molar-refractivity contribution is 6.12. The zero-order chi connectivity index (χ0) is 15.8. The maximum absolute atomic E-state index is 13.6. The van der Waals surface area contributed by atoms with Gasteiger partial charge in [-0.25, -0.2) is 13.2 Å². The van der Waals surface area contributed by atoms with E-state index in [9.17, 15) is 18.0 Å². The largest absolute Gasteiger partial charge is 0.409 e. The standard InChI is InChI=1S/C13H14F3N3O2/c1-6-4-13(5-6,11(17)19-21)12(20)18-8-3-2-7(14)9(15)10(8)16/h2-3,6,21H,4-5H2,1H3,(H2,17,19)(H,18,20). The number of hydrogen-bond acceptors (Lipinski definition) is 3. The lowest BCUT2D eigenvalue weighted by Gasteiger charge is -2.43. The molecule has 0 unspecified atom stereocenters. The molecule has 1 saturated carbocycles. The summed E-state index contributed by atoms with van der Waals surface area (Å²) in [5.41, 5.74) is 3.78. The highest BCUT2D eigenvalue weighted by Crippen LogP contribution is 2.46. The highest BCUT2D eigenvalue weighted by atomic mass is 19.2. The maximum atomic E-state index is 13.6. The summed E-state index contributed by atoms with van der Waals surface area (Å²) in [5.74, 6) is -5.36. The molecule has 8 heteroatoms. The number of amides is 1. The molecule has 1 aliphatic rings. The molecule has 0 radical (unpaired) electrons. The third-order valence-corrected chi connectivity index (χ3v) is 3.71. The lowest BCUT2D eigenvalue weighted by molar-refractivity contribution is -0.127. The Labute approximate surface area is 118 Å². The molecule has 21 heavy (non-hydrogen) atoms. The molecule has 4 N–H and O–H groups in total. The second-order valence-corrected chi connectivity index (χ2v) is 5.26. The SMILES string of the molecule is CC1CC(C(=O)Nc2ccc(F)c(F)c2F)(/C(N)=N/O)C1. The minimum Gasteiger partial charge on any atom is -0.409 e. The molecule has 0 aliphatic heterocycles. The van der Waals surface area contributed by atoms with Gasteiger partial charge < -0.3 is 16.3 Å². The zero-order valence-corrected chi connectivity index (χ0v) is 11.2. The third kappa shape index (κ3) is 2.41. The van der Waals surface area contributed by atoms with Crippen molar-refractivity contribution in [2.24, 2.45) is 22.2 Å². The highest BCUT2D eigenvalue weighted by Gasteiger charge is 2.52. The smallest absolute Gasteiger partial charge is 0.238 e. The van der Waals surface area contributed by atoms with Crippen LogP contribution in [-0.2, 0) is 4.79 Å². The zero-order valence-electron chi connectivity index (χ0n) is 11.2. The van der Waals surface area contributed by atoms with Gasteiger partial charge in [0.15, 0.2) is 23.3 Å². The number of carbonyl (C=O) groups excluding carboxylic acids is 1. The lowest BCUT2D eigenvalue weighted by atomic mass is 9.61. The summed E-state index contributed by atoms with van der Waals surface area (Å²) >= 11 is 0. The number of nitrogens with one attached hydrogen (secondary N) is 1. The summed E-state index contributed by atoms with van der Waals surface area (Å²) < 4.78 is 39.5. The normalized spacial score (nSPS) is 25.3. The molecule has 1 amide bonds. The average Bonchev–Trinajstić information content (AvgIpc) is 2.43. The number of carbonyl (C=O) groups is 1. The first-order valence-electron chi connectivity index (χ1n) is 6.24. The van der Waals surface area contributed by atoms with Crippen molar-refractivity contribution in [3.63, 3.8) is 0 Å². The van der Waals surface area contributed by atoms with E-state index < -0.39 is 34.5 Å². The van der Waals surface area contributed by atoms with Gasteiger partial charge in [-0.05, 0) is 30.9 Å².